The third-order valence-corrected chi connectivity index (χ3v) is 3.98. The molecule has 96 valence electrons. The number of nitrogens with zero attached hydrogens (tertiary/aromatic N) is 2. The van der Waals surface area contributed by atoms with Gasteiger partial charge in [-0.2, -0.15) is 5.26 Å². The summed E-state index contributed by atoms with van der Waals surface area (Å²) in [6.07, 6.45) is 2.37. The average molecular weight is 243 g/mol. The minimum Gasteiger partial charge on any atom is -0.366 e. The Morgan fingerprint density at radius 2 is 2.06 bits per heavy atom. The first-order valence-corrected chi connectivity index (χ1v) is 6.54. The van der Waals surface area contributed by atoms with Gasteiger partial charge in [0.05, 0.1) is 11.6 Å². The second kappa shape index (κ2) is 4.99. The van der Waals surface area contributed by atoms with E-state index in [-0.39, 0.29) is 5.54 Å². The molecule has 1 aromatic carbocycles. The van der Waals surface area contributed by atoms with Crippen molar-refractivity contribution in [2.75, 3.05) is 18.0 Å². The molecule has 1 aliphatic rings. The lowest BCUT2D eigenvalue weighted by molar-refractivity contribution is 0.295. The van der Waals surface area contributed by atoms with E-state index in [0.717, 1.165) is 19.5 Å². The number of rotatable bonds is 2. The average Bonchev–Trinajstić information content (AvgIpc) is 2.39. The van der Waals surface area contributed by atoms with Crippen LogP contribution in [0.25, 0.3) is 0 Å². The van der Waals surface area contributed by atoms with Crippen LogP contribution in [0.4, 0.5) is 5.69 Å². The van der Waals surface area contributed by atoms with Gasteiger partial charge in [-0.25, -0.2) is 0 Å². The van der Waals surface area contributed by atoms with Crippen LogP contribution < -0.4 is 10.6 Å². The minimum atomic E-state index is 0.166. The van der Waals surface area contributed by atoms with Gasteiger partial charge in [-0.15, -0.1) is 0 Å². The number of hydrogen-bond donors (Lipinski definition) is 1. The molecule has 1 unspecified atom stereocenters. The lowest BCUT2D eigenvalue weighted by Gasteiger charge is -2.47. The standard InChI is InChI=1S/C15H21N3/c1-15(2)8-7-13(10-17)11-18(15)14-5-3-12(9-16)4-6-14/h3-6,13H,7-8,10-11,17H2,1-2H3. The van der Waals surface area contributed by atoms with E-state index in [4.69, 9.17) is 11.0 Å². The quantitative estimate of drug-likeness (QED) is 0.868. The van der Waals surface area contributed by atoms with Crippen LogP contribution in [0.3, 0.4) is 0 Å². The highest BCUT2D eigenvalue weighted by Crippen LogP contribution is 2.34. The fourth-order valence-corrected chi connectivity index (χ4v) is 2.65. The van der Waals surface area contributed by atoms with E-state index in [2.05, 4.69) is 24.8 Å². The molecule has 1 fully saturated rings. The van der Waals surface area contributed by atoms with Crippen LogP contribution in [0.15, 0.2) is 24.3 Å². The number of nitriles is 1. The van der Waals surface area contributed by atoms with Gasteiger partial charge in [0.15, 0.2) is 0 Å². The number of anilines is 1. The molecule has 2 rings (SSSR count). The van der Waals surface area contributed by atoms with Gasteiger partial charge in [-0.3, -0.25) is 0 Å². The van der Waals surface area contributed by atoms with Crippen LogP contribution in [0, 0.1) is 17.2 Å². The molecule has 0 spiro atoms. The summed E-state index contributed by atoms with van der Waals surface area (Å²) in [6.45, 7) is 6.31. The topological polar surface area (TPSA) is 53.0 Å². The Bertz CT molecular complexity index is 442. The van der Waals surface area contributed by atoms with Gasteiger partial charge in [0.25, 0.3) is 0 Å². The van der Waals surface area contributed by atoms with Crippen molar-refractivity contribution >= 4 is 5.69 Å². The first-order valence-electron chi connectivity index (χ1n) is 6.54. The molecule has 0 aliphatic carbocycles. The third kappa shape index (κ3) is 2.49. The maximum atomic E-state index is 8.84. The largest absolute Gasteiger partial charge is 0.366 e. The lowest BCUT2D eigenvalue weighted by atomic mass is 9.84. The van der Waals surface area contributed by atoms with Gasteiger partial charge in [0.1, 0.15) is 0 Å². The molecule has 18 heavy (non-hydrogen) atoms. The normalized spacial score (nSPS) is 22.6. The molecule has 1 saturated heterocycles. The van der Waals surface area contributed by atoms with Gasteiger partial charge in [0, 0.05) is 17.8 Å². The second-order valence-corrected chi connectivity index (χ2v) is 5.72. The Morgan fingerprint density at radius 1 is 1.39 bits per heavy atom. The summed E-state index contributed by atoms with van der Waals surface area (Å²) in [5.74, 6) is 0.577. The Kier molecular flexibility index (Phi) is 3.58. The highest BCUT2D eigenvalue weighted by atomic mass is 15.2. The number of hydrogen-bond acceptors (Lipinski definition) is 3. The fourth-order valence-electron chi connectivity index (χ4n) is 2.65. The maximum Gasteiger partial charge on any atom is 0.0991 e. The van der Waals surface area contributed by atoms with E-state index in [1.54, 1.807) is 0 Å². The summed E-state index contributed by atoms with van der Waals surface area (Å²) < 4.78 is 0. The summed E-state index contributed by atoms with van der Waals surface area (Å²) >= 11 is 0. The number of benzene rings is 1. The first-order chi connectivity index (χ1) is 8.56. The molecular weight excluding hydrogens is 222 g/mol. The van der Waals surface area contributed by atoms with Crippen molar-refractivity contribution in [3.05, 3.63) is 29.8 Å². The second-order valence-electron chi connectivity index (χ2n) is 5.72. The van der Waals surface area contributed by atoms with Crippen LogP contribution in [0.1, 0.15) is 32.3 Å². The van der Waals surface area contributed by atoms with Gasteiger partial charge >= 0.3 is 0 Å². The number of piperidine rings is 1. The number of nitrogens with two attached hydrogens (primary N) is 1. The first kappa shape index (κ1) is 12.9. The Morgan fingerprint density at radius 3 is 2.61 bits per heavy atom. The molecule has 0 radical (unpaired) electrons. The van der Waals surface area contributed by atoms with Crippen LogP contribution >= 0.6 is 0 Å². The summed E-state index contributed by atoms with van der Waals surface area (Å²) in [5, 5.41) is 8.84. The molecule has 0 saturated carbocycles. The van der Waals surface area contributed by atoms with Crippen molar-refractivity contribution in [1.82, 2.24) is 0 Å². The zero-order valence-electron chi connectivity index (χ0n) is 11.2. The Labute approximate surface area is 109 Å². The molecule has 1 heterocycles. The van der Waals surface area contributed by atoms with Gasteiger partial charge in [-0.1, -0.05) is 0 Å². The predicted molar refractivity (Wildman–Crippen MR) is 74.4 cm³/mol. The van der Waals surface area contributed by atoms with Crippen molar-refractivity contribution in [3.8, 4) is 6.07 Å². The zero-order chi connectivity index (χ0) is 13.2. The fraction of sp³-hybridized carbons (Fsp3) is 0.533. The van der Waals surface area contributed by atoms with Crippen molar-refractivity contribution in [3.63, 3.8) is 0 Å². The molecule has 3 heteroatoms. The molecule has 2 N–H and O–H groups in total. The van der Waals surface area contributed by atoms with Crippen molar-refractivity contribution < 1.29 is 0 Å². The molecule has 1 aliphatic heterocycles. The maximum absolute atomic E-state index is 8.84. The van der Waals surface area contributed by atoms with E-state index < -0.39 is 0 Å². The predicted octanol–water partition coefficient (Wildman–Crippen LogP) is 2.51. The van der Waals surface area contributed by atoms with E-state index in [1.807, 2.05) is 24.3 Å². The van der Waals surface area contributed by atoms with Crippen LogP contribution in [0.5, 0.6) is 0 Å². The molecule has 0 amide bonds. The monoisotopic (exact) mass is 243 g/mol. The molecule has 0 aromatic heterocycles. The Balaban J connectivity index is 2.25. The molecule has 1 aromatic rings. The van der Waals surface area contributed by atoms with Crippen molar-refractivity contribution in [1.29, 1.82) is 5.26 Å². The summed E-state index contributed by atoms with van der Waals surface area (Å²) in [4.78, 5) is 2.43. The molecule has 0 bridgehead atoms. The third-order valence-electron chi connectivity index (χ3n) is 3.98. The smallest absolute Gasteiger partial charge is 0.0991 e. The summed E-state index contributed by atoms with van der Waals surface area (Å²) in [5.41, 5.74) is 7.88. The van der Waals surface area contributed by atoms with Crippen LogP contribution in [-0.4, -0.2) is 18.6 Å². The summed E-state index contributed by atoms with van der Waals surface area (Å²) in [6, 6.07) is 10.0. The van der Waals surface area contributed by atoms with Gasteiger partial charge in [-0.05, 0) is 63.4 Å². The van der Waals surface area contributed by atoms with Crippen LogP contribution in [0.2, 0.25) is 0 Å². The summed E-state index contributed by atoms with van der Waals surface area (Å²) in [7, 11) is 0. The minimum absolute atomic E-state index is 0.166. The van der Waals surface area contributed by atoms with Crippen molar-refractivity contribution in [2.24, 2.45) is 11.7 Å². The van der Waals surface area contributed by atoms with E-state index in [9.17, 15) is 0 Å². The van der Waals surface area contributed by atoms with E-state index in [0.29, 0.717) is 11.5 Å². The SMILES string of the molecule is CC1(C)CCC(CN)CN1c1ccc(C#N)cc1. The lowest BCUT2D eigenvalue weighted by Crippen LogP contribution is -2.51. The molecular formula is C15H21N3. The zero-order valence-corrected chi connectivity index (χ0v) is 11.2. The van der Waals surface area contributed by atoms with Gasteiger partial charge in [0.2, 0.25) is 0 Å². The van der Waals surface area contributed by atoms with Crippen molar-refractivity contribution in [2.45, 2.75) is 32.2 Å². The molecule has 3 nitrogen and oxygen atoms in total. The van der Waals surface area contributed by atoms with E-state index in [1.165, 1.54) is 12.1 Å². The Hall–Kier alpha value is -1.53. The van der Waals surface area contributed by atoms with E-state index >= 15 is 0 Å². The molecule has 1 atom stereocenters. The van der Waals surface area contributed by atoms with Gasteiger partial charge < -0.3 is 10.6 Å². The highest BCUT2D eigenvalue weighted by molar-refractivity contribution is 5.52. The van der Waals surface area contributed by atoms with Crippen LogP contribution in [-0.2, 0) is 0 Å². The highest BCUT2D eigenvalue weighted by Gasteiger charge is 2.33.